The number of aromatic hydroxyl groups is 4. The molecular weight excluding hydrogens is 445 g/mol. The zero-order valence-electron chi connectivity index (χ0n) is 11.2. The third kappa shape index (κ3) is 3.27. The van der Waals surface area contributed by atoms with Crippen molar-refractivity contribution in [2.24, 2.45) is 0 Å². The Labute approximate surface area is 166 Å². The predicted molar refractivity (Wildman–Crippen MR) is 97.3 cm³/mol. The summed E-state index contributed by atoms with van der Waals surface area (Å²) >= 11 is 35.2. The van der Waals surface area contributed by atoms with Crippen molar-refractivity contribution in [2.45, 2.75) is 0 Å². The summed E-state index contributed by atoms with van der Waals surface area (Å²) in [6, 6.07) is 1.99. The predicted octanol–water partition coefficient (Wildman–Crippen LogP) is 6.32. The minimum absolute atomic E-state index is 0.222. The molecule has 0 amide bonds. The third-order valence-electron chi connectivity index (χ3n) is 3.04. The van der Waals surface area contributed by atoms with Crippen LogP contribution in [0.2, 0.25) is 20.1 Å². The normalized spacial score (nSPS) is 10.8. The fraction of sp³-hybridized carbons (Fsp3) is 0. The van der Waals surface area contributed by atoms with E-state index in [1.54, 1.807) is 0 Å². The first kappa shape index (κ1) is 19.4. The van der Waals surface area contributed by atoms with Gasteiger partial charge < -0.3 is 20.4 Å². The molecule has 24 heavy (non-hydrogen) atoms. The lowest BCUT2D eigenvalue weighted by Crippen LogP contribution is -1.95. The lowest BCUT2D eigenvalue weighted by molar-refractivity contribution is 0.456. The fourth-order valence-corrected chi connectivity index (χ4v) is 3.44. The van der Waals surface area contributed by atoms with E-state index in [0.29, 0.717) is 0 Å². The number of phenolic OH excluding ortho intramolecular Hbond substituents is 4. The van der Waals surface area contributed by atoms with Crippen molar-refractivity contribution in [1.82, 2.24) is 0 Å². The summed E-state index contributed by atoms with van der Waals surface area (Å²) in [4.78, 5) is 0. The van der Waals surface area contributed by atoms with Crippen LogP contribution in [0.4, 0.5) is 0 Å². The first-order valence-electron chi connectivity index (χ1n) is 5.93. The van der Waals surface area contributed by atoms with Crippen LogP contribution in [0.5, 0.6) is 23.0 Å². The van der Waals surface area contributed by atoms with Crippen molar-refractivity contribution in [3.63, 3.8) is 0 Å². The van der Waals surface area contributed by atoms with Gasteiger partial charge in [-0.1, -0.05) is 69.6 Å². The van der Waals surface area contributed by atoms with Gasteiger partial charge in [-0.25, -0.2) is 0 Å². The minimum atomic E-state index is -0.549. The van der Waals surface area contributed by atoms with Gasteiger partial charge in [-0.05, 0) is 0 Å². The van der Waals surface area contributed by atoms with Gasteiger partial charge in [0.05, 0.1) is 20.1 Å². The highest BCUT2D eigenvalue weighted by Crippen LogP contribution is 2.52. The lowest BCUT2D eigenvalue weighted by atomic mass is 9.96. The van der Waals surface area contributed by atoms with Gasteiger partial charge in [0.25, 0.3) is 0 Å². The van der Waals surface area contributed by atoms with Gasteiger partial charge in [-0.15, -0.1) is 0 Å². The molecule has 0 aliphatic rings. The maximum atomic E-state index is 10.1. The fourth-order valence-electron chi connectivity index (χ4n) is 1.98. The Morgan fingerprint density at radius 2 is 1.00 bits per heavy atom. The summed E-state index contributed by atoms with van der Waals surface area (Å²) in [5.41, 5.74) is -0.753. The van der Waals surface area contributed by atoms with Gasteiger partial charge >= 0.3 is 0 Å². The molecule has 0 aromatic heterocycles. The van der Waals surface area contributed by atoms with E-state index in [2.05, 4.69) is 0 Å². The molecule has 0 aliphatic heterocycles. The van der Waals surface area contributed by atoms with Crippen LogP contribution in [0.1, 0.15) is 11.1 Å². The highest BCUT2D eigenvalue weighted by atomic mass is 35.5. The Morgan fingerprint density at radius 3 is 1.29 bits per heavy atom. The zero-order valence-corrected chi connectivity index (χ0v) is 15.7. The summed E-state index contributed by atoms with van der Waals surface area (Å²) in [5.74, 6) is -2.10. The van der Waals surface area contributed by atoms with Crippen molar-refractivity contribution in [1.29, 1.82) is 0 Å². The van der Waals surface area contributed by atoms with Crippen LogP contribution < -0.4 is 0 Å². The highest BCUT2D eigenvalue weighted by molar-refractivity contribution is 6.59. The molecule has 0 atom stereocenters. The molecule has 0 saturated carbocycles. The molecule has 0 aliphatic carbocycles. The number of hydrogen-bond donors (Lipinski definition) is 4. The van der Waals surface area contributed by atoms with Gasteiger partial charge in [0.1, 0.15) is 16.0 Å². The molecular formula is C14H6Cl6O4. The largest absolute Gasteiger partial charge is 0.507 e. The summed E-state index contributed by atoms with van der Waals surface area (Å²) in [6.45, 7) is 0. The summed E-state index contributed by atoms with van der Waals surface area (Å²) in [6.07, 6.45) is 0. The maximum absolute atomic E-state index is 10.1. The van der Waals surface area contributed by atoms with Crippen LogP contribution in [0.15, 0.2) is 16.6 Å². The summed E-state index contributed by atoms with van der Waals surface area (Å²) < 4.78 is -0.465. The van der Waals surface area contributed by atoms with E-state index in [1.165, 1.54) is 0 Å². The molecule has 2 aromatic rings. The molecule has 0 heterocycles. The molecule has 0 fully saturated rings. The van der Waals surface area contributed by atoms with E-state index in [-0.39, 0.29) is 26.7 Å². The van der Waals surface area contributed by atoms with Crippen LogP contribution in [-0.4, -0.2) is 20.4 Å². The smallest absolute Gasteiger partial charge is 0.153 e. The molecule has 2 aromatic carbocycles. The molecule has 2 rings (SSSR count). The molecule has 4 N–H and O–H groups in total. The first-order valence-corrected chi connectivity index (χ1v) is 8.20. The van der Waals surface area contributed by atoms with Crippen LogP contribution in [0.3, 0.4) is 0 Å². The Kier molecular flexibility index (Phi) is 5.80. The number of halogens is 6. The lowest BCUT2D eigenvalue weighted by Gasteiger charge is -2.17. The molecule has 0 unspecified atom stereocenters. The van der Waals surface area contributed by atoms with E-state index in [0.717, 1.165) is 12.1 Å². The van der Waals surface area contributed by atoms with Crippen molar-refractivity contribution in [2.75, 3.05) is 0 Å². The Hall–Kier alpha value is -0.880. The zero-order chi connectivity index (χ0) is 18.3. The number of rotatable bonds is 2. The molecule has 0 saturated heterocycles. The quantitative estimate of drug-likeness (QED) is 0.404. The standard InChI is InChI=1S/C14H6Cl6O4/c15-3-1-5(21)7(10(17)12(3)23)9(14(19)20)8-6(22)2-4(16)13(24)11(8)18/h1-2,21-24H. The van der Waals surface area contributed by atoms with Crippen molar-refractivity contribution in [3.8, 4) is 23.0 Å². The van der Waals surface area contributed by atoms with Crippen molar-refractivity contribution >= 4 is 75.2 Å². The maximum Gasteiger partial charge on any atom is 0.153 e. The Morgan fingerprint density at radius 1 is 0.667 bits per heavy atom. The molecule has 0 spiro atoms. The van der Waals surface area contributed by atoms with Gasteiger partial charge in [0.15, 0.2) is 11.5 Å². The van der Waals surface area contributed by atoms with E-state index in [1.807, 2.05) is 0 Å². The minimum Gasteiger partial charge on any atom is -0.507 e. The van der Waals surface area contributed by atoms with Crippen molar-refractivity contribution in [3.05, 3.63) is 47.8 Å². The number of phenols is 4. The summed E-state index contributed by atoms with van der Waals surface area (Å²) in [7, 11) is 0. The van der Waals surface area contributed by atoms with Crippen molar-refractivity contribution < 1.29 is 20.4 Å². The number of benzene rings is 2. The van der Waals surface area contributed by atoms with Crippen LogP contribution in [0.25, 0.3) is 5.57 Å². The number of hydrogen-bond acceptors (Lipinski definition) is 4. The Bertz CT molecular complexity index is 809. The molecule has 0 bridgehead atoms. The highest BCUT2D eigenvalue weighted by Gasteiger charge is 2.27. The second-order valence-electron chi connectivity index (χ2n) is 4.47. The first-order chi connectivity index (χ1) is 11.1. The molecule has 128 valence electrons. The molecule has 0 radical (unpaired) electrons. The topological polar surface area (TPSA) is 80.9 Å². The van der Waals surface area contributed by atoms with Gasteiger partial charge in [-0.2, -0.15) is 0 Å². The average Bonchev–Trinajstić information content (AvgIpc) is 2.48. The van der Waals surface area contributed by atoms with Gasteiger partial charge in [0, 0.05) is 28.8 Å². The molecule has 4 nitrogen and oxygen atoms in total. The van der Waals surface area contributed by atoms with Gasteiger partial charge in [-0.3, -0.25) is 0 Å². The van der Waals surface area contributed by atoms with Crippen LogP contribution >= 0.6 is 69.6 Å². The summed E-state index contributed by atoms with van der Waals surface area (Å²) in [5, 5.41) is 38.8. The van der Waals surface area contributed by atoms with Crippen LogP contribution in [0, 0.1) is 0 Å². The van der Waals surface area contributed by atoms with E-state index < -0.39 is 37.5 Å². The van der Waals surface area contributed by atoms with E-state index >= 15 is 0 Å². The Balaban J connectivity index is 2.94. The second kappa shape index (κ2) is 7.16. The second-order valence-corrected chi connectivity index (χ2v) is 6.99. The molecule has 10 heteroatoms. The van der Waals surface area contributed by atoms with E-state index in [9.17, 15) is 20.4 Å². The average molecular weight is 451 g/mol. The van der Waals surface area contributed by atoms with E-state index in [4.69, 9.17) is 69.6 Å². The van der Waals surface area contributed by atoms with Crippen LogP contribution in [-0.2, 0) is 0 Å². The SMILES string of the molecule is Oc1cc(Cl)c(O)c(Cl)c1C(=C(Cl)Cl)c1c(O)cc(Cl)c(O)c1Cl. The third-order valence-corrected chi connectivity index (χ3v) is 4.73. The monoisotopic (exact) mass is 448 g/mol. The van der Waals surface area contributed by atoms with Gasteiger partial charge in [0.2, 0.25) is 0 Å².